The van der Waals surface area contributed by atoms with Crippen LogP contribution in [0.15, 0.2) is 18.2 Å². The smallest absolute Gasteiger partial charge is 0.122 e. The fraction of sp³-hybridized carbons (Fsp3) is 0.600. The van der Waals surface area contributed by atoms with Gasteiger partial charge in [-0.2, -0.15) is 0 Å². The van der Waals surface area contributed by atoms with E-state index in [1.165, 1.54) is 11.1 Å². The molecular formula is C15H23ClO. The molecule has 0 radical (unpaired) electrons. The highest BCUT2D eigenvalue weighted by molar-refractivity contribution is 6.18. The van der Waals surface area contributed by atoms with Crippen molar-refractivity contribution in [3.63, 3.8) is 0 Å². The molecule has 96 valence electrons. The fourth-order valence-corrected chi connectivity index (χ4v) is 2.40. The highest BCUT2D eigenvalue weighted by atomic mass is 35.5. The van der Waals surface area contributed by atoms with Gasteiger partial charge in [-0.15, -0.1) is 11.6 Å². The Bertz CT molecular complexity index is 362. The zero-order valence-electron chi connectivity index (χ0n) is 11.5. The van der Waals surface area contributed by atoms with Crippen molar-refractivity contribution in [3.8, 4) is 5.75 Å². The molecule has 0 heterocycles. The number of hydrogen-bond acceptors (Lipinski definition) is 1. The summed E-state index contributed by atoms with van der Waals surface area (Å²) in [6.07, 6.45) is 1.07. The van der Waals surface area contributed by atoms with Gasteiger partial charge < -0.3 is 4.74 Å². The van der Waals surface area contributed by atoms with Crippen LogP contribution in [0.3, 0.4) is 0 Å². The molecular weight excluding hydrogens is 232 g/mol. The predicted octanol–water partition coefficient (Wildman–Crippen LogP) is 4.73. The second-order valence-corrected chi connectivity index (χ2v) is 5.78. The Morgan fingerprint density at radius 3 is 2.35 bits per heavy atom. The number of alkyl halides is 1. The lowest BCUT2D eigenvalue weighted by Crippen LogP contribution is -2.14. The molecule has 0 aliphatic rings. The van der Waals surface area contributed by atoms with E-state index in [0.717, 1.165) is 12.2 Å². The van der Waals surface area contributed by atoms with Crippen LogP contribution in [0.4, 0.5) is 0 Å². The number of benzene rings is 1. The first-order valence-electron chi connectivity index (χ1n) is 6.18. The molecule has 2 heteroatoms. The van der Waals surface area contributed by atoms with Crippen molar-refractivity contribution in [2.75, 3.05) is 13.0 Å². The van der Waals surface area contributed by atoms with Gasteiger partial charge in [-0.05, 0) is 34.9 Å². The monoisotopic (exact) mass is 254 g/mol. The molecule has 0 aromatic heterocycles. The first-order chi connectivity index (χ1) is 7.93. The van der Waals surface area contributed by atoms with E-state index >= 15 is 0 Å². The molecule has 1 aromatic carbocycles. The largest absolute Gasteiger partial charge is 0.496 e. The molecule has 0 saturated carbocycles. The number of hydrogen-bond donors (Lipinski definition) is 0. The van der Waals surface area contributed by atoms with Crippen LogP contribution in [0.2, 0.25) is 0 Å². The third kappa shape index (κ3) is 3.38. The van der Waals surface area contributed by atoms with Crippen LogP contribution in [-0.4, -0.2) is 13.0 Å². The minimum atomic E-state index is 0.0892. The summed E-state index contributed by atoms with van der Waals surface area (Å²) in [7, 11) is 1.73. The summed E-state index contributed by atoms with van der Waals surface area (Å²) in [6.45, 7) is 8.79. The normalized spacial score (nSPS) is 13.5. The van der Waals surface area contributed by atoms with E-state index in [0.29, 0.717) is 11.8 Å². The van der Waals surface area contributed by atoms with Crippen LogP contribution in [0, 0.1) is 0 Å². The minimum Gasteiger partial charge on any atom is -0.496 e. The molecule has 0 saturated heterocycles. The maximum atomic E-state index is 6.01. The average molecular weight is 255 g/mol. The van der Waals surface area contributed by atoms with Gasteiger partial charge in [0.2, 0.25) is 0 Å². The van der Waals surface area contributed by atoms with Crippen molar-refractivity contribution in [2.24, 2.45) is 0 Å². The van der Waals surface area contributed by atoms with Crippen molar-refractivity contribution < 1.29 is 4.74 Å². The first kappa shape index (κ1) is 14.4. The van der Waals surface area contributed by atoms with Gasteiger partial charge in [0, 0.05) is 5.88 Å². The van der Waals surface area contributed by atoms with E-state index < -0.39 is 0 Å². The molecule has 1 nitrogen and oxygen atoms in total. The standard InChI is InChI=1S/C15H23ClO/c1-6-11(10-16)12-7-8-14(17-5)13(9-12)15(2,3)4/h7-9,11H,6,10H2,1-5H3. The predicted molar refractivity (Wildman–Crippen MR) is 75.4 cm³/mol. The Hall–Kier alpha value is -0.690. The molecule has 1 rings (SSSR count). The Kier molecular flexibility index (Phi) is 4.88. The second kappa shape index (κ2) is 5.77. The third-order valence-electron chi connectivity index (χ3n) is 3.18. The lowest BCUT2D eigenvalue weighted by molar-refractivity contribution is 0.397. The molecule has 0 amide bonds. The first-order valence-corrected chi connectivity index (χ1v) is 6.71. The van der Waals surface area contributed by atoms with Crippen molar-refractivity contribution >= 4 is 11.6 Å². The molecule has 1 atom stereocenters. The summed E-state index contributed by atoms with van der Waals surface area (Å²) in [5, 5.41) is 0. The third-order valence-corrected chi connectivity index (χ3v) is 3.55. The van der Waals surface area contributed by atoms with E-state index in [-0.39, 0.29) is 5.41 Å². The quantitative estimate of drug-likeness (QED) is 0.706. The van der Waals surface area contributed by atoms with Crippen LogP contribution in [-0.2, 0) is 5.41 Å². The van der Waals surface area contributed by atoms with Crippen molar-refractivity contribution in [1.29, 1.82) is 0 Å². The van der Waals surface area contributed by atoms with Crippen molar-refractivity contribution in [3.05, 3.63) is 29.3 Å². The summed E-state index contributed by atoms with van der Waals surface area (Å²) >= 11 is 6.01. The van der Waals surface area contributed by atoms with E-state index in [4.69, 9.17) is 16.3 Å². The summed E-state index contributed by atoms with van der Waals surface area (Å²) in [5.74, 6) is 2.07. The maximum absolute atomic E-state index is 6.01. The highest BCUT2D eigenvalue weighted by Crippen LogP contribution is 2.34. The number of rotatable bonds is 4. The molecule has 1 unspecified atom stereocenters. The van der Waals surface area contributed by atoms with Crippen molar-refractivity contribution in [1.82, 2.24) is 0 Å². The SMILES string of the molecule is CCC(CCl)c1ccc(OC)c(C(C)(C)C)c1. The van der Waals surface area contributed by atoms with Gasteiger partial charge in [0.25, 0.3) is 0 Å². The highest BCUT2D eigenvalue weighted by Gasteiger charge is 2.20. The van der Waals surface area contributed by atoms with Crippen LogP contribution >= 0.6 is 11.6 Å². The summed E-state index contributed by atoms with van der Waals surface area (Å²) in [4.78, 5) is 0. The van der Waals surface area contributed by atoms with Gasteiger partial charge in [0.1, 0.15) is 5.75 Å². The van der Waals surface area contributed by atoms with Gasteiger partial charge in [-0.1, -0.05) is 39.8 Å². The van der Waals surface area contributed by atoms with Gasteiger partial charge in [-0.25, -0.2) is 0 Å². The Morgan fingerprint density at radius 2 is 1.94 bits per heavy atom. The van der Waals surface area contributed by atoms with E-state index in [1.807, 2.05) is 0 Å². The minimum absolute atomic E-state index is 0.0892. The average Bonchev–Trinajstić information content (AvgIpc) is 2.29. The Labute approximate surface area is 110 Å². The number of halogens is 1. The Balaban J connectivity index is 3.22. The Morgan fingerprint density at radius 1 is 1.29 bits per heavy atom. The van der Waals surface area contributed by atoms with Crippen LogP contribution in [0.1, 0.15) is 51.2 Å². The number of methoxy groups -OCH3 is 1. The topological polar surface area (TPSA) is 9.23 Å². The fourth-order valence-electron chi connectivity index (χ4n) is 2.00. The van der Waals surface area contributed by atoms with Gasteiger partial charge >= 0.3 is 0 Å². The molecule has 0 aliphatic heterocycles. The molecule has 0 aliphatic carbocycles. The number of ether oxygens (including phenoxy) is 1. The van der Waals surface area contributed by atoms with Crippen molar-refractivity contribution in [2.45, 2.75) is 45.4 Å². The molecule has 0 spiro atoms. The lowest BCUT2D eigenvalue weighted by atomic mass is 9.83. The van der Waals surface area contributed by atoms with Gasteiger partial charge in [-0.3, -0.25) is 0 Å². The van der Waals surface area contributed by atoms with Gasteiger partial charge in [0.15, 0.2) is 0 Å². The maximum Gasteiger partial charge on any atom is 0.122 e. The zero-order valence-corrected chi connectivity index (χ0v) is 12.3. The van der Waals surface area contributed by atoms with E-state index in [2.05, 4.69) is 45.9 Å². The van der Waals surface area contributed by atoms with Gasteiger partial charge in [0.05, 0.1) is 7.11 Å². The molecule has 0 bridgehead atoms. The summed E-state index contributed by atoms with van der Waals surface area (Å²) in [6, 6.07) is 6.44. The molecule has 0 N–H and O–H groups in total. The molecule has 17 heavy (non-hydrogen) atoms. The van der Waals surface area contributed by atoms with E-state index in [9.17, 15) is 0 Å². The second-order valence-electron chi connectivity index (χ2n) is 5.47. The van der Waals surface area contributed by atoms with Crippen LogP contribution in [0.5, 0.6) is 5.75 Å². The van der Waals surface area contributed by atoms with Crippen LogP contribution < -0.4 is 4.74 Å². The lowest BCUT2D eigenvalue weighted by Gasteiger charge is -2.24. The summed E-state index contributed by atoms with van der Waals surface area (Å²) in [5.41, 5.74) is 2.65. The zero-order chi connectivity index (χ0) is 13.1. The molecule has 0 fully saturated rings. The van der Waals surface area contributed by atoms with Crippen LogP contribution in [0.25, 0.3) is 0 Å². The summed E-state index contributed by atoms with van der Waals surface area (Å²) < 4.78 is 5.44. The van der Waals surface area contributed by atoms with E-state index in [1.54, 1.807) is 7.11 Å². The molecule has 1 aromatic rings.